The number of amides is 1. The molecule has 4 nitrogen and oxygen atoms in total. The number of unbranched alkanes of at least 4 members (excludes halogenated alkanes) is 1. The van der Waals surface area contributed by atoms with E-state index in [0.717, 1.165) is 19.3 Å². The number of rotatable bonds is 8. The molecule has 0 saturated carbocycles. The largest absolute Gasteiger partial charge is 0.377 e. The molecule has 0 aliphatic rings. The van der Waals surface area contributed by atoms with Crippen LogP contribution in [0.3, 0.4) is 0 Å². The zero-order chi connectivity index (χ0) is 11.7. The standard InChI is InChI=1S/C11H24N2O2/c1-4-5-6-10(12)11(14)13-7-8-15-9(2)3/h9-10H,4-8,12H2,1-3H3,(H,13,14)/t10-/m0/s1. The van der Waals surface area contributed by atoms with Gasteiger partial charge in [0.2, 0.25) is 5.91 Å². The van der Waals surface area contributed by atoms with Crippen molar-refractivity contribution in [3.8, 4) is 0 Å². The summed E-state index contributed by atoms with van der Waals surface area (Å²) in [6.07, 6.45) is 3.03. The second-order valence-corrected chi connectivity index (χ2v) is 3.96. The summed E-state index contributed by atoms with van der Waals surface area (Å²) in [4.78, 5) is 11.4. The van der Waals surface area contributed by atoms with E-state index in [9.17, 15) is 4.79 Å². The minimum Gasteiger partial charge on any atom is -0.377 e. The monoisotopic (exact) mass is 216 g/mol. The highest BCUT2D eigenvalue weighted by Gasteiger charge is 2.11. The van der Waals surface area contributed by atoms with Gasteiger partial charge in [-0.2, -0.15) is 0 Å². The maximum Gasteiger partial charge on any atom is 0.236 e. The Hall–Kier alpha value is -0.610. The van der Waals surface area contributed by atoms with Crippen molar-refractivity contribution in [2.75, 3.05) is 13.2 Å². The first kappa shape index (κ1) is 14.4. The number of ether oxygens (including phenoxy) is 1. The van der Waals surface area contributed by atoms with E-state index in [0.29, 0.717) is 13.2 Å². The first-order valence-corrected chi connectivity index (χ1v) is 5.72. The van der Waals surface area contributed by atoms with Crippen LogP contribution >= 0.6 is 0 Å². The quantitative estimate of drug-likeness (QED) is 0.596. The van der Waals surface area contributed by atoms with Gasteiger partial charge >= 0.3 is 0 Å². The van der Waals surface area contributed by atoms with Crippen molar-refractivity contribution < 1.29 is 9.53 Å². The lowest BCUT2D eigenvalue weighted by atomic mass is 10.1. The van der Waals surface area contributed by atoms with Crippen molar-refractivity contribution in [1.82, 2.24) is 5.32 Å². The third kappa shape index (κ3) is 8.39. The number of carbonyl (C=O) groups excluding carboxylic acids is 1. The van der Waals surface area contributed by atoms with Gasteiger partial charge in [-0.1, -0.05) is 19.8 Å². The highest BCUT2D eigenvalue weighted by Crippen LogP contribution is 1.97. The molecule has 90 valence electrons. The fourth-order valence-electron chi connectivity index (χ4n) is 1.16. The molecule has 0 aliphatic heterocycles. The van der Waals surface area contributed by atoms with Crippen LogP contribution in [0.4, 0.5) is 0 Å². The Morgan fingerprint density at radius 1 is 1.47 bits per heavy atom. The number of hydrogen-bond donors (Lipinski definition) is 2. The van der Waals surface area contributed by atoms with Crippen molar-refractivity contribution >= 4 is 5.91 Å². The SMILES string of the molecule is CCCC[C@H](N)C(=O)NCCOC(C)C. The predicted octanol–water partition coefficient (Wildman–Crippen LogP) is 1.05. The summed E-state index contributed by atoms with van der Waals surface area (Å²) >= 11 is 0. The van der Waals surface area contributed by atoms with Crippen LogP contribution < -0.4 is 11.1 Å². The molecule has 0 radical (unpaired) electrons. The highest BCUT2D eigenvalue weighted by molar-refractivity contribution is 5.81. The van der Waals surface area contributed by atoms with Crippen LogP contribution in [0, 0.1) is 0 Å². The molecule has 0 unspecified atom stereocenters. The van der Waals surface area contributed by atoms with Gasteiger partial charge in [-0.15, -0.1) is 0 Å². The van der Waals surface area contributed by atoms with E-state index in [1.165, 1.54) is 0 Å². The maximum atomic E-state index is 11.4. The Balaban J connectivity index is 3.47. The van der Waals surface area contributed by atoms with Crippen LogP contribution in [-0.4, -0.2) is 31.2 Å². The van der Waals surface area contributed by atoms with Gasteiger partial charge in [0.1, 0.15) is 0 Å². The normalized spacial score (nSPS) is 12.9. The van der Waals surface area contributed by atoms with Crippen LogP contribution in [0.1, 0.15) is 40.0 Å². The highest BCUT2D eigenvalue weighted by atomic mass is 16.5. The Labute approximate surface area is 92.6 Å². The first-order chi connectivity index (χ1) is 7.07. The number of nitrogens with two attached hydrogens (primary N) is 1. The van der Waals surface area contributed by atoms with E-state index in [4.69, 9.17) is 10.5 Å². The molecule has 0 fully saturated rings. The van der Waals surface area contributed by atoms with Gasteiger partial charge in [-0.05, 0) is 20.3 Å². The summed E-state index contributed by atoms with van der Waals surface area (Å²) < 4.78 is 5.30. The fourth-order valence-corrected chi connectivity index (χ4v) is 1.16. The molecule has 0 bridgehead atoms. The number of carbonyl (C=O) groups is 1. The van der Waals surface area contributed by atoms with Crippen LogP contribution in [0.5, 0.6) is 0 Å². The summed E-state index contributed by atoms with van der Waals surface area (Å²) in [6, 6.07) is -0.371. The maximum absolute atomic E-state index is 11.4. The average molecular weight is 216 g/mol. The second-order valence-electron chi connectivity index (χ2n) is 3.96. The Morgan fingerprint density at radius 3 is 2.67 bits per heavy atom. The van der Waals surface area contributed by atoms with E-state index < -0.39 is 0 Å². The number of hydrogen-bond acceptors (Lipinski definition) is 3. The molecule has 0 spiro atoms. The Kier molecular flexibility index (Phi) is 8.33. The molecule has 0 aromatic heterocycles. The van der Waals surface area contributed by atoms with Crippen LogP contribution in [-0.2, 0) is 9.53 Å². The Morgan fingerprint density at radius 2 is 2.13 bits per heavy atom. The van der Waals surface area contributed by atoms with Crippen molar-refractivity contribution in [2.45, 2.75) is 52.2 Å². The first-order valence-electron chi connectivity index (χ1n) is 5.72. The van der Waals surface area contributed by atoms with E-state index in [-0.39, 0.29) is 18.1 Å². The van der Waals surface area contributed by atoms with Gasteiger partial charge in [0.05, 0.1) is 18.8 Å². The lowest BCUT2D eigenvalue weighted by molar-refractivity contribution is -0.122. The summed E-state index contributed by atoms with van der Waals surface area (Å²) in [5.41, 5.74) is 5.69. The minimum absolute atomic E-state index is 0.0733. The van der Waals surface area contributed by atoms with Gasteiger partial charge in [0.15, 0.2) is 0 Å². The zero-order valence-electron chi connectivity index (χ0n) is 10.1. The molecule has 3 N–H and O–H groups in total. The summed E-state index contributed by atoms with van der Waals surface area (Å²) in [6.45, 7) is 7.10. The van der Waals surface area contributed by atoms with Gasteiger partial charge in [-0.3, -0.25) is 4.79 Å². The van der Waals surface area contributed by atoms with Crippen molar-refractivity contribution in [3.05, 3.63) is 0 Å². The molecule has 1 atom stereocenters. The van der Waals surface area contributed by atoms with Gasteiger partial charge < -0.3 is 15.8 Å². The molecule has 0 aromatic carbocycles. The van der Waals surface area contributed by atoms with Gasteiger partial charge in [-0.25, -0.2) is 0 Å². The molecule has 0 heterocycles. The second kappa shape index (κ2) is 8.68. The zero-order valence-corrected chi connectivity index (χ0v) is 10.1. The third-order valence-electron chi connectivity index (χ3n) is 2.06. The van der Waals surface area contributed by atoms with E-state index in [1.54, 1.807) is 0 Å². The molecule has 0 aromatic rings. The van der Waals surface area contributed by atoms with Gasteiger partial charge in [0.25, 0.3) is 0 Å². The molecule has 4 heteroatoms. The fraction of sp³-hybridized carbons (Fsp3) is 0.909. The summed E-state index contributed by atoms with van der Waals surface area (Å²) in [5.74, 6) is -0.0733. The summed E-state index contributed by atoms with van der Waals surface area (Å²) in [5, 5.41) is 2.76. The van der Waals surface area contributed by atoms with Crippen LogP contribution in [0.2, 0.25) is 0 Å². The minimum atomic E-state index is -0.371. The van der Waals surface area contributed by atoms with Crippen molar-refractivity contribution in [1.29, 1.82) is 0 Å². The van der Waals surface area contributed by atoms with E-state index >= 15 is 0 Å². The van der Waals surface area contributed by atoms with E-state index in [1.807, 2.05) is 13.8 Å². The smallest absolute Gasteiger partial charge is 0.236 e. The number of nitrogens with one attached hydrogen (secondary N) is 1. The molecule has 1 amide bonds. The van der Waals surface area contributed by atoms with Gasteiger partial charge in [0, 0.05) is 6.54 Å². The summed E-state index contributed by atoms with van der Waals surface area (Å²) in [7, 11) is 0. The average Bonchev–Trinajstić information content (AvgIpc) is 2.20. The molecule has 15 heavy (non-hydrogen) atoms. The molecular formula is C11H24N2O2. The lowest BCUT2D eigenvalue weighted by Crippen LogP contribution is -2.41. The molecule has 0 saturated heterocycles. The van der Waals surface area contributed by atoms with Crippen LogP contribution in [0.25, 0.3) is 0 Å². The topological polar surface area (TPSA) is 64.4 Å². The van der Waals surface area contributed by atoms with E-state index in [2.05, 4.69) is 12.2 Å². The predicted molar refractivity (Wildman–Crippen MR) is 61.6 cm³/mol. The molecular weight excluding hydrogens is 192 g/mol. The van der Waals surface area contributed by atoms with Crippen molar-refractivity contribution in [2.24, 2.45) is 5.73 Å². The van der Waals surface area contributed by atoms with Crippen molar-refractivity contribution in [3.63, 3.8) is 0 Å². The third-order valence-corrected chi connectivity index (χ3v) is 2.06. The lowest BCUT2D eigenvalue weighted by Gasteiger charge is -2.12. The molecule has 0 rings (SSSR count). The molecule has 0 aliphatic carbocycles. The Bertz CT molecular complexity index is 172. The van der Waals surface area contributed by atoms with Crippen LogP contribution in [0.15, 0.2) is 0 Å².